The Kier molecular flexibility index (Phi) is 4.82. The molecule has 1 aromatic heterocycles. The van der Waals surface area contributed by atoms with Gasteiger partial charge in [-0.15, -0.1) is 0 Å². The van der Waals surface area contributed by atoms with E-state index < -0.39 is 0 Å². The second-order valence-corrected chi connectivity index (χ2v) is 5.43. The zero-order valence-electron chi connectivity index (χ0n) is 11.1. The third kappa shape index (κ3) is 3.70. The zero-order chi connectivity index (χ0) is 13.8. The maximum absolute atomic E-state index is 11.9. The van der Waals surface area contributed by atoms with Crippen LogP contribution in [0.4, 0.5) is 5.69 Å². The molecule has 2 N–H and O–H groups in total. The van der Waals surface area contributed by atoms with Gasteiger partial charge in [-0.2, -0.15) is 5.10 Å². The molecule has 1 aliphatic carbocycles. The van der Waals surface area contributed by atoms with E-state index in [1.165, 1.54) is 17.5 Å². The highest BCUT2D eigenvalue weighted by Crippen LogP contribution is 2.35. The first kappa shape index (κ1) is 14.3. The van der Waals surface area contributed by atoms with Crippen LogP contribution in [0.2, 0.25) is 5.02 Å². The lowest BCUT2D eigenvalue weighted by molar-refractivity contribution is 0.266. The molecule has 106 valence electrons. The summed E-state index contributed by atoms with van der Waals surface area (Å²) in [6.45, 7) is 2.15. The van der Waals surface area contributed by atoms with E-state index in [1.54, 1.807) is 6.20 Å². The Labute approximate surface area is 117 Å². The van der Waals surface area contributed by atoms with Gasteiger partial charge < -0.3 is 10.4 Å². The van der Waals surface area contributed by atoms with Gasteiger partial charge in [0.1, 0.15) is 5.02 Å². The molecule has 19 heavy (non-hydrogen) atoms. The first-order chi connectivity index (χ1) is 9.15. The van der Waals surface area contributed by atoms with Crippen molar-refractivity contribution >= 4 is 17.3 Å². The van der Waals surface area contributed by atoms with Gasteiger partial charge in [0.05, 0.1) is 25.0 Å². The number of aliphatic hydroxyl groups excluding tert-OH is 1. The fourth-order valence-electron chi connectivity index (χ4n) is 2.12. The molecule has 0 bridgehead atoms. The summed E-state index contributed by atoms with van der Waals surface area (Å²) in [6, 6.07) is 0.333. The van der Waals surface area contributed by atoms with Crippen LogP contribution in [0.1, 0.15) is 32.6 Å². The number of nitrogens with zero attached hydrogens (tertiary/aromatic N) is 2. The molecule has 1 heterocycles. The minimum atomic E-state index is -0.359. The first-order valence-electron chi connectivity index (χ1n) is 6.78. The average molecular weight is 286 g/mol. The van der Waals surface area contributed by atoms with Gasteiger partial charge in [0.15, 0.2) is 0 Å². The number of anilines is 1. The summed E-state index contributed by atoms with van der Waals surface area (Å²) in [5.74, 6) is 0.818. The first-order valence-corrected chi connectivity index (χ1v) is 7.16. The molecule has 0 radical (unpaired) electrons. The quantitative estimate of drug-likeness (QED) is 0.803. The molecule has 1 unspecified atom stereocenters. The molecular formula is C13H20ClN3O2. The second kappa shape index (κ2) is 6.39. The summed E-state index contributed by atoms with van der Waals surface area (Å²) in [5.41, 5.74) is 0.232. The number of nitrogens with one attached hydrogen (secondary N) is 1. The SMILES string of the molecule is CCC(CC1CC1)Nc1cnn(CCO)c(=O)c1Cl. The van der Waals surface area contributed by atoms with Crippen molar-refractivity contribution in [3.63, 3.8) is 0 Å². The van der Waals surface area contributed by atoms with Crippen LogP contribution in [-0.2, 0) is 6.54 Å². The van der Waals surface area contributed by atoms with Gasteiger partial charge in [0, 0.05) is 6.04 Å². The molecular weight excluding hydrogens is 266 g/mol. The van der Waals surface area contributed by atoms with E-state index in [-0.39, 0.29) is 23.7 Å². The molecule has 0 aromatic carbocycles. The molecule has 6 heteroatoms. The van der Waals surface area contributed by atoms with Crippen molar-refractivity contribution in [1.82, 2.24) is 9.78 Å². The molecule has 1 atom stereocenters. The molecule has 1 aromatic rings. The highest BCUT2D eigenvalue weighted by molar-refractivity contribution is 6.32. The zero-order valence-corrected chi connectivity index (χ0v) is 11.9. The van der Waals surface area contributed by atoms with Crippen molar-refractivity contribution in [3.05, 3.63) is 21.6 Å². The van der Waals surface area contributed by atoms with Crippen LogP contribution in [0.5, 0.6) is 0 Å². The number of hydrogen-bond donors (Lipinski definition) is 2. The monoisotopic (exact) mass is 285 g/mol. The van der Waals surface area contributed by atoms with Gasteiger partial charge in [-0.25, -0.2) is 4.68 Å². The summed E-state index contributed by atoms with van der Waals surface area (Å²) in [7, 11) is 0. The van der Waals surface area contributed by atoms with Crippen LogP contribution in [0.15, 0.2) is 11.0 Å². The fourth-order valence-corrected chi connectivity index (χ4v) is 2.32. The van der Waals surface area contributed by atoms with Gasteiger partial charge in [-0.05, 0) is 18.8 Å². The van der Waals surface area contributed by atoms with E-state index in [4.69, 9.17) is 16.7 Å². The van der Waals surface area contributed by atoms with Gasteiger partial charge in [0.25, 0.3) is 5.56 Å². The Morgan fingerprint density at radius 3 is 2.95 bits per heavy atom. The van der Waals surface area contributed by atoms with Crippen LogP contribution in [0, 0.1) is 5.92 Å². The summed E-state index contributed by atoms with van der Waals surface area (Å²) < 4.78 is 1.18. The average Bonchev–Trinajstić information content (AvgIpc) is 3.21. The van der Waals surface area contributed by atoms with E-state index in [0.29, 0.717) is 11.7 Å². The van der Waals surface area contributed by atoms with Crippen LogP contribution in [-0.4, -0.2) is 27.5 Å². The van der Waals surface area contributed by atoms with Crippen LogP contribution < -0.4 is 10.9 Å². The van der Waals surface area contributed by atoms with E-state index in [2.05, 4.69) is 17.3 Å². The Balaban J connectivity index is 2.10. The van der Waals surface area contributed by atoms with E-state index in [9.17, 15) is 4.79 Å². The van der Waals surface area contributed by atoms with Crippen molar-refractivity contribution < 1.29 is 5.11 Å². The topological polar surface area (TPSA) is 67.2 Å². The lowest BCUT2D eigenvalue weighted by Crippen LogP contribution is -2.27. The van der Waals surface area contributed by atoms with Crippen molar-refractivity contribution in [1.29, 1.82) is 0 Å². The number of aromatic nitrogens is 2. The van der Waals surface area contributed by atoms with E-state index >= 15 is 0 Å². The predicted molar refractivity (Wildman–Crippen MR) is 75.6 cm³/mol. The molecule has 5 nitrogen and oxygen atoms in total. The Bertz CT molecular complexity index is 485. The molecule has 0 aliphatic heterocycles. The van der Waals surface area contributed by atoms with Gasteiger partial charge in [-0.1, -0.05) is 31.4 Å². The molecule has 1 saturated carbocycles. The Morgan fingerprint density at radius 1 is 1.63 bits per heavy atom. The fraction of sp³-hybridized carbons (Fsp3) is 0.692. The number of aliphatic hydroxyl groups is 1. The maximum atomic E-state index is 11.9. The van der Waals surface area contributed by atoms with Crippen molar-refractivity contribution in [2.24, 2.45) is 5.92 Å². The highest BCUT2D eigenvalue weighted by Gasteiger charge is 2.25. The summed E-state index contributed by atoms with van der Waals surface area (Å²) in [5, 5.41) is 16.3. The van der Waals surface area contributed by atoms with Gasteiger partial charge in [0.2, 0.25) is 0 Å². The van der Waals surface area contributed by atoms with E-state index in [0.717, 1.165) is 18.8 Å². The molecule has 1 aliphatic rings. The van der Waals surface area contributed by atoms with E-state index in [1.807, 2.05) is 0 Å². The highest BCUT2D eigenvalue weighted by atomic mass is 35.5. The Morgan fingerprint density at radius 2 is 2.37 bits per heavy atom. The number of halogens is 1. The Hall–Kier alpha value is -1.07. The predicted octanol–water partition coefficient (Wildman–Crippen LogP) is 1.88. The largest absolute Gasteiger partial charge is 0.394 e. The maximum Gasteiger partial charge on any atom is 0.287 e. The molecule has 0 amide bonds. The van der Waals surface area contributed by atoms with Crippen LogP contribution in [0.3, 0.4) is 0 Å². The minimum Gasteiger partial charge on any atom is -0.394 e. The van der Waals surface area contributed by atoms with Gasteiger partial charge in [-0.3, -0.25) is 4.79 Å². The molecule has 0 saturated heterocycles. The summed E-state index contributed by atoms with van der Waals surface area (Å²) >= 11 is 6.07. The van der Waals surface area contributed by atoms with Crippen molar-refractivity contribution in [2.45, 2.75) is 45.2 Å². The van der Waals surface area contributed by atoms with Crippen molar-refractivity contribution in [2.75, 3.05) is 11.9 Å². The lowest BCUT2D eigenvalue weighted by atomic mass is 10.1. The number of hydrogen-bond acceptors (Lipinski definition) is 4. The lowest BCUT2D eigenvalue weighted by Gasteiger charge is -2.18. The second-order valence-electron chi connectivity index (χ2n) is 5.05. The molecule has 0 spiro atoms. The number of rotatable bonds is 7. The third-order valence-corrected chi connectivity index (χ3v) is 3.83. The van der Waals surface area contributed by atoms with Gasteiger partial charge >= 0.3 is 0 Å². The third-order valence-electron chi connectivity index (χ3n) is 3.46. The standard InChI is InChI=1S/C13H20ClN3O2/c1-2-10(7-9-3-4-9)16-11-8-15-17(5-6-18)13(19)12(11)14/h8-10,16,18H,2-7H2,1H3. The van der Waals surface area contributed by atoms with Crippen molar-refractivity contribution in [3.8, 4) is 0 Å². The summed E-state index contributed by atoms with van der Waals surface area (Å²) in [6.07, 6.45) is 6.29. The van der Waals surface area contributed by atoms with Crippen LogP contribution in [0.25, 0.3) is 0 Å². The minimum absolute atomic E-state index is 0.130. The smallest absolute Gasteiger partial charge is 0.287 e. The summed E-state index contributed by atoms with van der Waals surface area (Å²) in [4.78, 5) is 11.9. The van der Waals surface area contributed by atoms with Crippen LogP contribution >= 0.6 is 11.6 Å². The normalized spacial score (nSPS) is 16.4. The molecule has 1 fully saturated rings. The molecule has 2 rings (SSSR count).